The SMILES string of the molecule is CCCc1cnc(N2CC[C@@H](CN(C)C)C2)nc1. The lowest BCUT2D eigenvalue weighted by atomic mass is 10.1. The lowest BCUT2D eigenvalue weighted by Crippen LogP contribution is -2.26. The van der Waals surface area contributed by atoms with E-state index in [1.54, 1.807) is 0 Å². The Hall–Kier alpha value is -1.16. The molecule has 0 unspecified atom stereocenters. The summed E-state index contributed by atoms with van der Waals surface area (Å²) < 4.78 is 0. The predicted octanol–water partition coefficient (Wildman–Crippen LogP) is 1.82. The highest BCUT2D eigenvalue weighted by atomic mass is 15.3. The molecule has 1 saturated heterocycles. The van der Waals surface area contributed by atoms with Crippen LogP contribution in [0.4, 0.5) is 5.95 Å². The minimum Gasteiger partial charge on any atom is -0.340 e. The number of hydrogen-bond donors (Lipinski definition) is 0. The van der Waals surface area contributed by atoms with Gasteiger partial charge in [-0.15, -0.1) is 0 Å². The average molecular weight is 248 g/mol. The largest absolute Gasteiger partial charge is 0.340 e. The van der Waals surface area contributed by atoms with Crippen LogP contribution >= 0.6 is 0 Å². The van der Waals surface area contributed by atoms with E-state index < -0.39 is 0 Å². The molecule has 100 valence electrons. The second kappa shape index (κ2) is 6.14. The van der Waals surface area contributed by atoms with Gasteiger partial charge in [0.25, 0.3) is 0 Å². The van der Waals surface area contributed by atoms with E-state index in [1.807, 2.05) is 12.4 Å². The smallest absolute Gasteiger partial charge is 0.225 e. The summed E-state index contributed by atoms with van der Waals surface area (Å²) >= 11 is 0. The maximum atomic E-state index is 4.49. The summed E-state index contributed by atoms with van der Waals surface area (Å²) in [5.41, 5.74) is 1.24. The molecule has 2 heterocycles. The van der Waals surface area contributed by atoms with Gasteiger partial charge in [0.15, 0.2) is 0 Å². The number of nitrogens with zero attached hydrogens (tertiary/aromatic N) is 4. The maximum absolute atomic E-state index is 4.49. The molecule has 1 aliphatic rings. The highest BCUT2D eigenvalue weighted by Gasteiger charge is 2.24. The third-order valence-electron chi connectivity index (χ3n) is 3.42. The van der Waals surface area contributed by atoms with Crippen molar-refractivity contribution in [3.8, 4) is 0 Å². The molecule has 1 fully saturated rings. The predicted molar refractivity (Wildman–Crippen MR) is 74.9 cm³/mol. The van der Waals surface area contributed by atoms with E-state index in [2.05, 4.69) is 40.8 Å². The third-order valence-corrected chi connectivity index (χ3v) is 3.42. The molecule has 1 aromatic heterocycles. The number of hydrogen-bond acceptors (Lipinski definition) is 4. The zero-order valence-corrected chi connectivity index (χ0v) is 11.8. The van der Waals surface area contributed by atoms with Gasteiger partial charge in [-0.05, 0) is 38.4 Å². The van der Waals surface area contributed by atoms with E-state index in [9.17, 15) is 0 Å². The van der Waals surface area contributed by atoms with Crippen molar-refractivity contribution >= 4 is 5.95 Å². The van der Waals surface area contributed by atoms with E-state index >= 15 is 0 Å². The lowest BCUT2D eigenvalue weighted by Gasteiger charge is -2.18. The summed E-state index contributed by atoms with van der Waals surface area (Å²) in [5, 5.41) is 0. The molecule has 0 radical (unpaired) electrons. The van der Waals surface area contributed by atoms with Gasteiger partial charge in [0, 0.05) is 32.0 Å². The fraction of sp³-hybridized carbons (Fsp3) is 0.714. The van der Waals surface area contributed by atoms with Crippen LogP contribution in [0.1, 0.15) is 25.3 Å². The van der Waals surface area contributed by atoms with Crippen molar-refractivity contribution in [2.45, 2.75) is 26.2 Å². The van der Waals surface area contributed by atoms with Crippen molar-refractivity contribution in [1.82, 2.24) is 14.9 Å². The Morgan fingerprint density at radius 3 is 2.67 bits per heavy atom. The fourth-order valence-corrected chi connectivity index (χ4v) is 2.61. The molecule has 0 aliphatic carbocycles. The Labute approximate surface area is 110 Å². The molecule has 4 heteroatoms. The second-order valence-corrected chi connectivity index (χ2v) is 5.50. The van der Waals surface area contributed by atoms with Gasteiger partial charge in [0.1, 0.15) is 0 Å². The minimum atomic E-state index is 0.749. The van der Waals surface area contributed by atoms with Crippen molar-refractivity contribution in [3.63, 3.8) is 0 Å². The first-order chi connectivity index (χ1) is 8.69. The van der Waals surface area contributed by atoms with Gasteiger partial charge in [-0.1, -0.05) is 13.3 Å². The Morgan fingerprint density at radius 2 is 2.06 bits per heavy atom. The van der Waals surface area contributed by atoms with Crippen molar-refractivity contribution in [1.29, 1.82) is 0 Å². The van der Waals surface area contributed by atoms with Gasteiger partial charge in [0.2, 0.25) is 5.95 Å². The monoisotopic (exact) mass is 248 g/mol. The second-order valence-electron chi connectivity index (χ2n) is 5.50. The van der Waals surface area contributed by atoms with Crippen LogP contribution in [-0.4, -0.2) is 48.6 Å². The summed E-state index contributed by atoms with van der Waals surface area (Å²) in [5.74, 6) is 1.65. The topological polar surface area (TPSA) is 32.3 Å². The summed E-state index contributed by atoms with van der Waals surface area (Å²) in [6, 6.07) is 0. The Balaban J connectivity index is 1.92. The van der Waals surface area contributed by atoms with Crippen LogP contribution in [0.15, 0.2) is 12.4 Å². The van der Waals surface area contributed by atoms with Crippen LogP contribution in [0.25, 0.3) is 0 Å². The van der Waals surface area contributed by atoms with Gasteiger partial charge < -0.3 is 9.80 Å². The van der Waals surface area contributed by atoms with Gasteiger partial charge in [0.05, 0.1) is 0 Å². The Morgan fingerprint density at radius 1 is 1.33 bits per heavy atom. The first-order valence-electron chi connectivity index (χ1n) is 6.89. The normalized spacial score (nSPS) is 19.8. The molecule has 0 N–H and O–H groups in total. The van der Waals surface area contributed by atoms with Gasteiger partial charge in [-0.3, -0.25) is 0 Å². The number of aryl methyl sites for hydroxylation is 1. The number of anilines is 1. The van der Waals surface area contributed by atoms with E-state index in [4.69, 9.17) is 0 Å². The van der Waals surface area contributed by atoms with E-state index in [0.29, 0.717) is 0 Å². The lowest BCUT2D eigenvalue weighted by molar-refractivity contribution is 0.340. The summed E-state index contributed by atoms with van der Waals surface area (Å²) in [6.07, 6.45) is 7.43. The zero-order chi connectivity index (χ0) is 13.0. The Kier molecular flexibility index (Phi) is 4.53. The highest BCUT2D eigenvalue weighted by Crippen LogP contribution is 2.20. The zero-order valence-electron chi connectivity index (χ0n) is 11.8. The molecule has 1 aromatic rings. The van der Waals surface area contributed by atoms with Crippen LogP contribution in [0.3, 0.4) is 0 Å². The van der Waals surface area contributed by atoms with Crippen molar-refractivity contribution in [2.24, 2.45) is 5.92 Å². The number of rotatable bonds is 5. The standard InChI is InChI=1S/C14H24N4/c1-4-5-12-8-15-14(16-9-12)18-7-6-13(11-18)10-17(2)3/h8-9,13H,4-7,10-11H2,1-3H3/t13-/m0/s1. The summed E-state index contributed by atoms with van der Waals surface area (Å²) in [4.78, 5) is 13.6. The molecule has 0 amide bonds. The molecular formula is C14H24N4. The molecule has 1 aliphatic heterocycles. The fourth-order valence-electron chi connectivity index (χ4n) is 2.61. The first kappa shape index (κ1) is 13.3. The minimum absolute atomic E-state index is 0.749. The van der Waals surface area contributed by atoms with Crippen molar-refractivity contribution in [3.05, 3.63) is 18.0 Å². The van der Waals surface area contributed by atoms with E-state index in [-0.39, 0.29) is 0 Å². The molecule has 0 saturated carbocycles. The Bertz CT molecular complexity index is 361. The molecule has 0 spiro atoms. The maximum Gasteiger partial charge on any atom is 0.225 e. The quantitative estimate of drug-likeness (QED) is 0.795. The van der Waals surface area contributed by atoms with E-state index in [1.165, 1.54) is 12.0 Å². The van der Waals surface area contributed by atoms with Crippen LogP contribution in [0.5, 0.6) is 0 Å². The highest BCUT2D eigenvalue weighted by molar-refractivity contribution is 5.31. The molecular weight excluding hydrogens is 224 g/mol. The molecule has 0 aromatic carbocycles. The van der Waals surface area contributed by atoms with Crippen molar-refractivity contribution in [2.75, 3.05) is 38.6 Å². The number of aromatic nitrogens is 2. The molecule has 1 atom stereocenters. The molecule has 4 nitrogen and oxygen atoms in total. The van der Waals surface area contributed by atoms with Crippen LogP contribution in [0.2, 0.25) is 0 Å². The van der Waals surface area contributed by atoms with E-state index in [0.717, 1.165) is 44.3 Å². The average Bonchev–Trinajstić information content (AvgIpc) is 2.78. The summed E-state index contributed by atoms with van der Waals surface area (Å²) in [7, 11) is 4.28. The molecule has 2 rings (SSSR count). The van der Waals surface area contributed by atoms with Gasteiger partial charge in [-0.2, -0.15) is 0 Å². The third kappa shape index (κ3) is 3.42. The molecule has 0 bridgehead atoms. The molecule has 18 heavy (non-hydrogen) atoms. The summed E-state index contributed by atoms with van der Waals surface area (Å²) in [6.45, 7) is 5.52. The van der Waals surface area contributed by atoms with Crippen LogP contribution in [0, 0.1) is 5.92 Å². The van der Waals surface area contributed by atoms with Gasteiger partial charge >= 0.3 is 0 Å². The van der Waals surface area contributed by atoms with Gasteiger partial charge in [-0.25, -0.2) is 9.97 Å². The van der Waals surface area contributed by atoms with Crippen LogP contribution < -0.4 is 4.90 Å². The van der Waals surface area contributed by atoms with Crippen LogP contribution in [-0.2, 0) is 6.42 Å². The van der Waals surface area contributed by atoms with Crippen molar-refractivity contribution < 1.29 is 0 Å². The first-order valence-corrected chi connectivity index (χ1v) is 6.89.